The zero-order valence-electron chi connectivity index (χ0n) is 15.0. The van der Waals surface area contributed by atoms with Crippen LogP contribution in [0.4, 0.5) is 10.1 Å². The summed E-state index contributed by atoms with van der Waals surface area (Å²) in [4.78, 5) is 16.1. The van der Waals surface area contributed by atoms with Crippen molar-refractivity contribution in [1.29, 1.82) is 0 Å². The molecule has 1 unspecified atom stereocenters. The molecule has 0 bridgehead atoms. The highest BCUT2D eigenvalue weighted by molar-refractivity contribution is 14.1. The van der Waals surface area contributed by atoms with Gasteiger partial charge in [-0.1, -0.05) is 18.2 Å². The quantitative estimate of drug-likeness (QED) is 0.314. The summed E-state index contributed by atoms with van der Waals surface area (Å²) in [6, 6.07) is 10.2. The van der Waals surface area contributed by atoms with Gasteiger partial charge in [-0.15, -0.1) is 0 Å². The van der Waals surface area contributed by atoms with Crippen LogP contribution in [0, 0.1) is 15.3 Å². The molecule has 0 aliphatic heterocycles. The Hall–Kier alpha value is -2.55. The molecule has 1 fully saturated rings. The lowest BCUT2D eigenvalue weighted by Gasteiger charge is -2.08. The standard InChI is InChI=1S/C21H18FIN4O/c22-14-5-1-12(2-6-14)3-8-18-16-10-20(17(23)11-19(16)27-26-18)25-21(24)13-4-7-15(28)9-13/h1-3,5-6,8,10-11,13H,4,7,9H2,(H2,24,25)(H,26,27)/b8-3+. The predicted molar refractivity (Wildman–Crippen MR) is 118 cm³/mol. The minimum atomic E-state index is -0.263. The molecule has 1 saturated carbocycles. The van der Waals surface area contributed by atoms with E-state index in [4.69, 9.17) is 5.73 Å². The van der Waals surface area contributed by atoms with E-state index in [1.807, 2.05) is 24.3 Å². The third-order valence-corrected chi connectivity index (χ3v) is 5.74. The molecule has 1 atom stereocenters. The Morgan fingerprint density at radius 1 is 1.29 bits per heavy atom. The predicted octanol–water partition coefficient (Wildman–Crippen LogP) is 4.83. The number of hydrogen-bond acceptors (Lipinski definition) is 3. The van der Waals surface area contributed by atoms with Gasteiger partial charge in [0.15, 0.2) is 0 Å². The number of Topliss-reactive ketones (excluding diaryl/α,β-unsaturated/α-hetero) is 1. The molecule has 142 valence electrons. The smallest absolute Gasteiger partial charge is 0.133 e. The summed E-state index contributed by atoms with van der Waals surface area (Å²) >= 11 is 2.22. The number of aromatic nitrogens is 2. The summed E-state index contributed by atoms with van der Waals surface area (Å²) in [5, 5.41) is 8.31. The molecule has 3 N–H and O–H groups in total. The van der Waals surface area contributed by atoms with Gasteiger partial charge in [0.25, 0.3) is 0 Å². The van der Waals surface area contributed by atoms with Crippen LogP contribution in [0.1, 0.15) is 30.5 Å². The lowest BCUT2D eigenvalue weighted by atomic mass is 10.1. The molecule has 3 aromatic rings. The third-order valence-electron chi connectivity index (χ3n) is 4.88. The van der Waals surface area contributed by atoms with Gasteiger partial charge in [-0.2, -0.15) is 5.10 Å². The van der Waals surface area contributed by atoms with Gasteiger partial charge in [0.2, 0.25) is 0 Å². The number of nitrogens with two attached hydrogens (primary N) is 1. The number of ketones is 1. The van der Waals surface area contributed by atoms with Crippen molar-refractivity contribution in [3.8, 4) is 0 Å². The topological polar surface area (TPSA) is 84.1 Å². The first kappa shape index (κ1) is 18.8. The zero-order chi connectivity index (χ0) is 19.7. The van der Waals surface area contributed by atoms with E-state index in [0.717, 1.165) is 37.8 Å². The SMILES string of the molecule is NC(=Nc1cc2c(/C=C/c3ccc(F)cc3)n[nH]c2cc1I)C1CCC(=O)C1. The van der Waals surface area contributed by atoms with Gasteiger partial charge >= 0.3 is 0 Å². The van der Waals surface area contributed by atoms with Crippen molar-refractivity contribution >= 4 is 63.0 Å². The van der Waals surface area contributed by atoms with Crippen molar-refractivity contribution < 1.29 is 9.18 Å². The van der Waals surface area contributed by atoms with Crippen LogP contribution in [-0.4, -0.2) is 21.8 Å². The molecule has 1 heterocycles. The second-order valence-corrected chi connectivity index (χ2v) is 8.02. The highest BCUT2D eigenvalue weighted by Gasteiger charge is 2.25. The van der Waals surface area contributed by atoms with Gasteiger partial charge in [-0.25, -0.2) is 9.38 Å². The van der Waals surface area contributed by atoms with E-state index < -0.39 is 0 Å². The van der Waals surface area contributed by atoms with Crippen molar-refractivity contribution in [3.05, 3.63) is 57.0 Å². The number of rotatable bonds is 4. The number of aromatic amines is 1. The summed E-state index contributed by atoms with van der Waals surface area (Å²) in [5.41, 5.74) is 9.49. The maximum atomic E-state index is 13.0. The first-order chi connectivity index (χ1) is 13.5. The largest absolute Gasteiger partial charge is 0.387 e. The van der Waals surface area contributed by atoms with Gasteiger partial charge in [-0.05, 0) is 64.9 Å². The summed E-state index contributed by atoms with van der Waals surface area (Å²) in [5.74, 6) is 0.522. The van der Waals surface area contributed by atoms with E-state index in [0.29, 0.717) is 18.7 Å². The maximum Gasteiger partial charge on any atom is 0.133 e. The van der Waals surface area contributed by atoms with Crippen molar-refractivity contribution in [2.24, 2.45) is 16.6 Å². The van der Waals surface area contributed by atoms with Gasteiger partial charge in [0, 0.05) is 27.7 Å². The van der Waals surface area contributed by atoms with E-state index >= 15 is 0 Å². The monoisotopic (exact) mass is 488 g/mol. The van der Waals surface area contributed by atoms with Crippen LogP contribution >= 0.6 is 22.6 Å². The van der Waals surface area contributed by atoms with Crippen LogP contribution in [0.15, 0.2) is 41.4 Å². The number of fused-ring (bicyclic) bond motifs is 1. The molecule has 1 aliphatic rings. The average molecular weight is 488 g/mol. The summed E-state index contributed by atoms with van der Waals surface area (Å²) < 4.78 is 14.0. The fourth-order valence-electron chi connectivity index (χ4n) is 3.31. The number of carbonyl (C=O) groups excluding carboxylic acids is 1. The molecular formula is C21H18FIN4O. The summed E-state index contributed by atoms with van der Waals surface area (Å²) in [6.07, 6.45) is 5.59. The van der Waals surface area contributed by atoms with Crippen LogP contribution in [0.3, 0.4) is 0 Å². The number of halogens is 2. The number of nitrogens with zero attached hydrogens (tertiary/aromatic N) is 2. The number of amidine groups is 1. The second kappa shape index (κ2) is 7.83. The van der Waals surface area contributed by atoms with Crippen LogP contribution < -0.4 is 5.73 Å². The molecule has 1 aliphatic carbocycles. The van der Waals surface area contributed by atoms with Crippen molar-refractivity contribution in [1.82, 2.24) is 10.2 Å². The minimum Gasteiger partial charge on any atom is -0.387 e. The Balaban J connectivity index is 1.66. The van der Waals surface area contributed by atoms with Crippen LogP contribution in [0.5, 0.6) is 0 Å². The van der Waals surface area contributed by atoms with Crippen LogP contribution in [0.2, 0.25) is 0 Å². The molecule has 0 amide bonds. The highest BCUT2D eigenvalue weighted by atomic mass is 127. The molecule has 0 radical (unpaired) electrons. The lowest BCUT2D eigenvalue weighted by molar-refractivity contribution is -0.117. The van der Waals surface area contributed by atoms with Gasteiger partial charge in [-0.3, -0.25) is 9.89 Å². The minimum absolute atomic E-state index is 0.0289. The Kier molecular flexibility index (Phi) is 5.25. The highest BCUT2D eigenvalue weighted by Crippen LogP contribution is 2.31. The molecule has 28 heavy (non-hydrogen) atoms. The molecule has 7 heteroatoms. The van der Waals surface area contributed by atoms with E-state index in [1.165, 1.54) is 12.1 Å². The number of benzene rings is 2. The number of H-pyrrole nitrogens is 1. The Labute approximate surface area is 175 Å². The number of hydrogen-bond donors (Lipinski definition) is 2. The molecule has 1 aromatic heterocycles. The zero-order valence-corrected chi connectivity index (χ0v) is 17.1. The van der Waals surface area contributed by atoms with Gasteiger partial charge in [0.05, 0.1) is 16.9 Å². The van der Waals surface area contributed by atoms with Crippen molar-refractivity contribution in [3.63, 3.8) is 0 Å². The van der Waals surface area contributed by atoms with E-state index in [9.17, 15) is 9.18 Å². The number of aliphatic imine (C=N–C) groups is 1. The van der Waals surface area contributed by atoms with Crippen LogP contribution in [0.25, 0.3) is 23.1 Å². The normalized spacial score (nSPS) is 17.9. The molecule has 0 saturated heterocycles. The molecule has 0 spiro atoms. The van der Waals surface area contributed by atoms with Crippen molar-refractivity contribution in [2.75, 3.05) is 0 Å². The van der Waals surface area contributed by atoms with Gasteiger partial charge < -0.3 is 5.73 Å². The molecular weight excluding hydrogens is 470 g/mol. The second-order valence-electron chi connectivity index (χ2n) is 6.86. The summed E-state index contributed by atoms with van der Waals surface area (Å²) in [6.45, 7) is 0. The maximum absolute atomic E-state index is 13.0. The average Bonchev–Trinajstić information content (AvgIpc) is 3.28. The van der Waals surface area contributed by atoms with E-state index in [1.54, 1.807) is 12.1 Å². The molecule has 5 nitrogen and oxygen atoms in total. The molecule has 4 rings (SSSR count). The van der Waals surface area contributed by atoms with Crippen molar-refractivity contribution in [2.45, 2.75) is 19.3 Å². The number of carbonyl (C=O) groups is 1. The lowest BCUT2D eigenvalue weighted by Crippen LogP contribution is -2.21. The third kappa shape index (κ3) is 3.99. The first-order valence-corrected chi connectivity index (χ1v) is 10.0. The first-order valence-electron chi connectivity index (χ1n) is 8.96. The Morgan fingerprint density at radius 2 is 2.07 bits per heavy atom. The fraction of sp³-hybridized carbons (Fsp3) is 0.190. The fourth-order valence-corrected chi connectivity index (χ4v) is 3.89. The van der Waals surface area contributed by atoms with E-state index in [-0.39, 0.29) is 17.5 Å². The van der Waals surface area contributed by atoms with Crippen LogP contribution in [-0.2, 0) is 4.79 Å². The Morgan fingerprint density at radius 3 is 2.79 bits per heavy atom. The summed E-state index contributed by atoms with van der Waals surface area (Å²) in [7, 11) is 0. The Bertz CT molecular complexity index is 1100. The van der Waals surface area contributed by atoms with E-state index in [2.05, 4.69) is 37.8 Å². The molecule has 2 aromatic carbocycles. The number of nitrogens with one attached hydrogen (secondary N) is 1. The van der Waals surface area contributed by atoms with Gasteiger partial charge in [0.1, 0.15) is 17.4 Å².